The summed E-state index contributed by atoms with van der Waals surface area (Å²) in [6, 6.07) is 15.7. The largest absolute Gasteiger partial charge is 0.435 e. The van der Waals surface area contributed by atoms with Crippen molar-refractivity contribution in [3.63, 3.8) is 0 Å². The molecule has 0 bridgehead atoms. The van der Waals surface area contributed by atoms with Gasteiger partial charge in [-0.1, -0.05) is 42.5 Å². The summed E-state index contributed by atoms with van der Waals surface area (Å²) in [5, 5.41) is 0.510. The first kappa shape index (κ1) is 22.6. The average molecular weight is 470 g/mol. The highest BCUT2D eigenvalue weighted by Crippen LogP contribution is 2.35. The van der Waals surface area contributed by atoms with Crippen molar-refractivity contribution >= 4 is 27.5 Å². The lowest BCUT2D eigenvalue weighted by Gasteiger charge is -2.18. The van der Waals surface area contributed by atoms with Crippen molar-refractivity contribution in [1.29, 1.82) is 0 Å². The topological polar surface area (TPSA) is 64.4 Å². The van der Waals surface area contributed by atoms with E-state index in [4.69, 9.17) is 0 Å². The van der Waals surface area contributed by atoms with Gasteiger partial charge in [0.15, 0.2) is 0 Å². The van der Waals surface area contributed by atoms with Crippen molar-refractivity contribution < 1.29 is 18.3 Å². The number of halogens is 2. The van der Waals surface area contributed by atoms with Crippen LogP contribution in [0.2, 0.25) is 0 Å². The highest BCUT2D eigenvalue weighted by Gasteiger charge is 2.18. The zero-order valence-electron chi connectivity index (χ0n) is 18.0. The van der Waals surface area contributed by atoms with Gasteiger partial charge in [0.2, 0.25) is 5.91 Å². The number of aryl methyl sites for hydroxylation is 1. The fourth-order valence-corrected chi connectivity index (χ4v) is 4.61. The SMILES string of the molecule is Cc1sc2ncn(CC(=O)N(C)Cc3ccc(OC(F)F)cc3)c(=O)c2c1-c1ccccc1. The molecule has 0 unspecified atom stereocenters. The highest BCUT2D eigenvalue weighted by molar-refractivity contribution is 7.19. The van der Waals surface area contributed by atoms with Crippen molar-refractivity contribution in [1.82, 2.24) is 14.5 Å². The van der Waals surface area contributed by atoms with Crippen molar-refractivity contribution in [2.75, 3.05) is 7.05 Å². The smallest absolute Gasteiger partial charge is 0.387 e. The summed E-state index contributed by atoms with van der Waals surface area (Å²) < 4.78 is 30.2. The summed E-state index contributed by atoms with van der Waals surface area (Å²) in [6.07, 6.45) is 1.40. The number of ether oxygens (including phenoxy) is 1. The van der Waals surface area contributed by atoms with Crippen molar-refractivity contribution in [2.45, 2.75) is 26.6 Å². The second-order valence-corrected chi connectivity index (χ2v) is 8.73. The fraction of sp³-hybridized carbons (Fsp3) is 0.208. The van der Waals surface area contributed by atoms with Gasteiger partial charge in [-0.15, -0.1) is 11.3 Å². The van der Waals surface area contributed by atoms with Crippen LogP contribution < -0.4 is 10.3 Å². The molecule has 0 saturated carbocycles. The Morgan fingerprint density at radius 3 is 2.52 bits per heavy atom. The second kappa shape index (κ2) is 9.50. The number of fused-ring (bicyclic) bond motifs is 1. The Bertz CT molecular complexity index is 1340. The van der Waals surface area contributed by atoms with Gasteiger partial charge in [-0.05, 0) is 30.2 Å². The Morgan fingerprint density at radius 2 is 1.85 bits per heavy atom. The van der Waals surface area contributed by atoms with Crippen LogP contribution in [0.15, 0.2) is 65.7 Å². The van der Waals surface area contributed by atoms with Crippen LogP contribution >= 0.6 is 11.3 Å². The zero-order chi connectivity index (χ0) is 23.5. The zero-order valence-corrected chi connectivity index (χ0v) is 18.8. The quantitative estimate of drug-likeness (QED) is 0.394. The lowest BCUT2D eigenvalue weighted by Crippen LogP contribution is -2.33. The Kier molecular flexibility index (Phi) is 6.50. The van der Waals surface area contributed by atoms with Gasteiger partial charge in [0.05, 0.1) is 11.7 Å². The molecule has 9 heteroatoms. The molecule has 0 atom stereocenters. The van der Waals surface area contributed by atoms with Crippen LogP contribution in [0.3, 0.4) is 0 Å². The van der Waals surface area contributed by atoms with Gasteiger partial charge < -0.3 is 9.64 Å². The maximum atomic E-state index is 13.3. The number of likely N-dealkylation sites (N-methyl/N-ethyl adjacent to an activating group) is 1. The number of thiophene rings is 1. The van der Waals surface area contributed by atoms with E-state index in [1.807, 2.05) is 37.3 Å². The van der Waals surface area contributed by atoms with Crippen molar-refractivity contribution in [3.05, 3.63) is 81.7 Å². The Hall–Kier alpha value is -3.59. The summed E-state index contributed by atoms with van der Waals surface area (Å²) >= 11 is 1.45. The van der Waals surface area contributed by atoms with Gasteiger partial charge in [-0.25, -0.2) is 4.98 Å². The molecule has 0 aliphatic heterocycles. The van der Waals surface area contributed by atoms with Crippen LogP contribution in [-0.4, -0.2) is 34.0 Å². The highest BCUT2D eigenvalue weighted by atomic mass is 32.1. The van der Waals surface area contributed by atoms with Gasteiger partial charge in [-0.3, -0.25) is 14.2 Å². The number of alkyl halides is 2. The molecule has 2 heterocycles. The van der Waals surface area contributed by atoms with E-state index in [-0.39, 0.29) is 30.3 Å². The van der Waals surface area contributed by atoms with E-state index in [2.05, 4.69) is 9.72 Å². The van der Waals surface area contributed by atoms with Crippen LogP contribution in [-0.2, 0) is 17.9 Å². The Labute approximate surface area is 192 Å². The van der Waals surface area contributed by atoms with E-state index in [0.29, 0.717) is 10.2 Å². The molecule has 33 heavy (non-hydrogen) atoms. The average Bonchev–Trinajstić information content (AvgIpc) is 3.14. The first-order chi connectivity index (χ1) is 15.8. The van der Waals surface area contributed by atoms with Crippen molar-refractivity contribution in [3.8, 4) is 16.9 Å². The normalized spacial score (nSPS) is 11.2. The van der Waals surface area contributed by atoms with Gasteiger partial charge in [-0.2, -0.15) is 8.78 Å². The van der Waals surface area contributed by atoms with Crippen LogP contribution in [0.25, 0.3) is 21.3 Å². The predicted molar refractivity (Wildman–Crippen MR) is 124 cm³/mol. The van der Waals surface area contributed by atoms with Gasteiger partial charge >= 0.3 is 6.61 Å². The fourth-order valence-electron chi connectivity index (χ4n) is 3.61. The van der Waals surface area contributed by atoms with Crippen LogP contribution in [0.5, 0.6) is 5.75 Å². The Balaban J connectivity index is 1.54. The third-order valence-corrected chi connectivity index (χ3v) is 6.23. The summed E-state index contributed by atoms with van der Waals surface area (Å²) in [6.45, 7) is -0.840. The standard InChI is InChI=1S/C24H21F2N3O3S/c1-15-20(17-6-4-3-5-7-17)21-22(33-15)27-14-29(23(21)31)13-19(30)28(2)12-16-8-10-18(11-9-16)32-24(25)26/h3-11,14,24H,12-13H2,1-2H3. The van der Waals surface area contributed by atoms with E-state index < -0.39 is 6.61 Å². The molecule has 2 aromatic carbocycles. The number of hydrogen-bond donors (Lipinski definition) is 0. The third-order valence-electron chi connectivity index (χ3n) is 5.22. The molecule has 0 spiro atoms. The number of amides is 1. The van der Waals surface area contributed by atoms with E-state index in [1.54, 1.807) is 19.2 Å². The summed E-state index contributed by atoms with van der Waals surface area (Å²) in [5.74, 6) is -0.228. The molecule has 170 valence electrons. The molecule has 2 aromatic heterocycles. The minimum absolute atomic E-state index is 0.0499. The second-order valence-electron chi connectivity index (χ2n) is 7.53. The van der Waals surface area contributed by atoms with Gasteiger partial charge in [0, 0.05) is 24.0 Å². The molecule has 0 radical (unpaired) electrons. The number of carbonyl (C=O) groups is 1. The monoisotopic (exact) mass is 469 g/mol. The first-order valence-electron chi connectivity index (χ1n) is 10.1. The predicted octanol–water partition coefficient (Wildman–Crippen LogP) is 4.69. The number of benzene rings is 2. The van der Waals surface area contributed by atoms with E-state index in [1.165, 1.54) is 39.3 Å². The minimum Gasteiger partial charge on any atom is -0.435 e. The number of rotatable bonds is 7. The molecule has 0 aliphatic carbocycles. The maximum absolute atomic E-state index is 13.3. The third kappa shape index (κ3) is 4.93. The summed E-state index contributed by atoms with van der Waals surface area (Å²) in [4.78, 5) is 33.6. The number of hydrogen-bond acceptors (Lipinski definition) is 5. The number of carbonyl (C=O) groups excluding carboxylic acids is 1. The first-order valence-corrected chi connectivity index (χ1v) is 11.0. The summed E-state index contributed by atoms with van der Waals surface area (Å²) in [5.41, 5.74) is 2.25. The van der Waals surface area contributed by atoms with E-state index in [0.717, 1.165) is 21.6 Å². The molecule has 0 aliphatic rings. The molecule has 4 rings (SSSR count). The lowest BCUT2D eigenvalue weighted by molar-refractivity contribution is -0.131. The van der Waals surface area contributed by atoms with Crippen LogP contribution in [0, 0.1) is 6.92 Å². The van der Waals surface area contributed by atoms with E-state index >= 15 is 0 Å². The molecular weight excluding hydrogens is 448 g/mol. The molecule has 6 nitrogen and oxygen atoms in total. The van der Waals surface area contributed by atoms with Crippen molar-refractivity contribution in [2.24, 2.45) is 0 Å². The molecule has 4 aromatic rings. The molecule has 1 amide bonds. The molecule has 0 saturated heterocycles. The number of nitrogens with zero attached hydrogens (tertiary/aromatic N) is 3. The Morgan fingerprint density at radius 1 is 1.15 bits per heavy atom. The van der Waals surface area contributed by atoms with Crippen LogP contribution in [0.1, 0.15) is 10.4 Å². The minimum atomic E-state index is -2.89. The molecule has 0 N–H and O–H groups in total. The van der Waals surface area contributed by atoms with Gasteiger partial charge in [0.25, 0.3) is 5.56 Å². The van der Waals surface area contributed by atoms with Crippen LogP contribution in [0.4, 0.5) is 8.78 Å². The van der Waals surface area contributed by atoms with Gasteiger partial charge in [0.1, 0.15) is 17.1 Å². The maximum Gasteiger partial charge on any atom is 0.387 e. The molecule has 0 fully saturated rings. The van der Waals surface area contributed by atoms with E-state index in [9.17, 15) is 18.4 Å². The lowest BCUT2D eigenvalue weighted by atomic mass is 10.0. The molecular formula is C24H21F2N3O3S. The summed E-state index contributed by atoms with van der Waals surface area (Å²) in [7, 11) is 1.62. The number of aromatic nitrogens is 2.